The first-order chi connectivity index (χ1) is 12.8. The van der Waals surface area contributed by atoms with Crippen LogP contribution in [0.4, 0.5) is 0 Å². The molecule has 1 aliphatic rings. The van der Waals surface area contributed by atoms with Crippen molar-refractivity contribution < 1.29 is 19.1 Å². The van der Waals surface area contributed by atoms with Crippen LogP contribution in [0.15, 0.2) is 33.5 Å². The molecule has 1 N–H and O–H groups in total. The summed E-state index contributed by atoms with van der Waals surface area (Å²) in [5.74, 6) is -0.247. The van der Waals surface area contributed by atoms with Crippen LogP contribution in [0.3, 0.4) is 0 Å². The summed E-state index contributed by atoms with van der Waals surface area (Å²) in [6, 6.07) is 1.43. The number of carbonyl (C=O) groups is 1. The molecule has 1 aliphatic heterocycles. The molecule has 3 rings (SSSR count). The van der Waals surface area contributed by atoms with Crippen molar-refractivity contribution in [3.63, 3.8) is 0 Å². The van der Waals surface area contributed by atoms with Gasteiger partial charge in [0, 0.05) is 11.4 Å². The molecule has 0 spiro atoms. The van der Waals surface area contributed by atoms with Gasteiger partial charge in [0.25, 0.3) is 0 Å². The Hall–Kier alpha value is -2.34. The zero-order valence-electron chi connectivity index (χ0n) is 15.5. The molecule has 2 aromatic rings. The number of benzene rings is 1. The molecule has 0 unspecified atom stereocenters. The van der Waals surface area contributed by atoms with Gasteiger partial charge in [0.1, 0.15) is 22.7 Å². The molecule has 0 saturated heterocycles. The van der Waals surface area contributed by atoms with E-state index in [0.29, 0.717) is 28.5 Å². The Labute approximate surface area is 165 Å². The number of aryl methyl sites for hydroxylation is 1. The molecule has 142 valence electrons. The highest BCUT2D eigenvalue weighted by Crippen LogP contribution is 2.46. The number of ketones is 1. The fourth-order valence-electron chi connectivity index (χ4n) is 3.22. The number of aromatic hydroxyl groups is 1. The first kappa shape index (κ1) is 19.4. The quantitative estimate of drug-likeness (QED) is 0.318. The number of rotatable bonds is 5. The van der Waals surface area contributed by atoms with E-state index in [-0.39, 0.29) is 16.9 Å². The molecular weight excluding hydrogens is 412 g/mol. The van der Waals surface area contributed by atoms with E-state index in [2.05, 4.69) is 15.9 Å². The first-order valence-electron chi connectivity index (χ1n) is 8.79. The van der Waals surface area contributed by atoms with E-state index in [1.807, 2.05) is 26.8 Å². The van der Waals surface area contributed by atoms with E-state index in [4.69, 9.17) is 9.15 Å². The van der Waals surface area contributed by atoms with Crippen molar-refractivity contribution in [2.24, 2.45) is 0 Å². The van der Waals surface area contributed by atoms with Gasteiger partial charge in [-0.1, -0.05) is 35.4 Å². The number of hydrogen-bond acceptors (Lipinski definition) is 5. The second-order valence-electron chi connectivity index (χ2n) is 6.97. The highest BCUT2D eigenvalue weighted by molar-refractivity contribution is 9.09. The summed E-state index contributed by atoms with van der Waals surface area (Å²) in [4.78, 5) is 24.9. The van der Waals surface area contributed by atoms with Crippen molar-refractivity contribution >= 4 is 38.8 Å². The SMILES string of the molecule is CCCc1cc(=O)oc2c(C(=O)C=CCBr)c(O)c3c(c12)OC(C)(C)C=C3. The Morgan fingerprint density at radius 3 is 2.78 bits per heavy atom. The maximum Gasteiger partial charge on any atom is 0.336 e. The highest BCUT2D eigenvalue weighted by Gasteiger charge is 2.31. The lowest BCUT2D eigenvalue weighted by Gasteiger charge is -2.30. The van der Waals surface area contributed by atoms with Gasteiger partial charge < -0.3 is 14.3 Å². The Balaban J connectivity index is 2.47. The zero-order chi connectivity index (χ0) is 19.8. The number of fused-ring (bicyclic) bond motifs is 3. The smallest absolute Gasteiger partial charge is 0.336 e. The van der Waals surface area contributed by atoms with Crippen molar-refractivity contribution in [2.45, 2.75) is 39.2 Å². The summed E-state index contributed by atoms with van der Waals surface area (Å²) in [6.45, 7) is 5.79. The summed E-state index contributed by atoms with van der Waals surface area (Å²) < 4.78 is 11.5. The minimum Gasteiger partial charge on any atom is -0.506 e. The molecule has 5 nitrogen and oxygen atoms in total. The number of alkyl halides is 1. The normalized spacial score (nSPS) is 15.1. The van der Waals surface area contributed by atoms with E-state index in [0.717, 1.165) is 12.0 Å². The third kappa shape index (κ3) is 3.58. The molecule has 27 heavy (non-hydrogen) atoms. The summed E-state index contributed by atoms with van der Waals surface area (Å²) >= 11 is 3.23. The number of ether oxygens (including phenoxy) is 1. The minimum absolute atomic E-state index is 0.0241. The van der Waals surface area contributed by atoms with Crippen LogP contribution < -0.4 is 10.4 Å². The first-order valence-corrected chi connectivity index (χ1v) is 9.92. The van der Waals surface area contributed by atoms with Gasteiger partial charge >= 0.3 is 5.63 Å². The van der Waals surface area contributed by atoms with Gasteiger partial charge in [0.05, 0.1) is 10.9 Å². The third-order valence-corrected chi connectivity index (χ3v) is 4.75. The average Bonchev–Trinajstić information content (AvgIpc) is 2.58. The molecule has 2 heterocycles. The monoisotopic (exact) mass is 432 g/mol. The van der Waals surface area contributed by atoms with Gasteiger partial charge in [-0.2, -0.15) is 0 Å². The largest absolute Gasteiger partial charge is 0.506 e. The van der Waals surface area contributed by atoms with Gasteiger partial charge in [-0.3, -0.25) is 4.79 Å². The van der Waals surface area contributed by atoms with Gasteiger partial charge in [-0.15, -0.1) is 0 Å². The zero-order valence-corrected chi connectivity index (χ0v) is 17.1. The van der Waals surface area contributed by atoms with Gasteiger partial charge in [-0.05, 0) is 44.1 Å². The number of phenols is 1. The lowest BCUT2D eigenvalue weighted by molar-refractivity contribution is 0.104. The van der Waals surface area contributed by atoms with Crippen LogP contribution in [0.1, 0.15) is 48.7 Å². The molecule has 0 atom stereocenters. The summed E-state index contributed by atoms with van der Waals surface area (Å²) in [5, 5.41) is 11.9. The molecule has 0 amide bonds. The lowest BCUT2D eigenvalue weighted by Crippen LogP contribution is -2.28. The van der Waals surface area contributed by atoms with Crippen LogP contribution in [-0.2, 0) is 6.42 Å². The molecule has 1 aromatic heterocycles. The Bertz CT molecular complexity index is 1030. The second kappa shape index (κ2) is 7.35. The van der Waals surface area contributed by atoms with E-state index in [9.17, 15) is 14.7 Å². The van der Waals surface area contributed by atoms with E-state index in [1.54, 1.807) is 12.2 Å². The van der Waals surface area contributed by atoms with Crippen molar-refractivity contribution in [2.75, 3.05) is 5.33 Å². The minimum atomic E-state index is -0.590. The van der Waals surface area contributed by atoms with Crippen LogP contribution in [-0.4, -0.2) is 21.8 Å². The Kier molecular flexibility index (Phi) is 5.29. The van der Waals surface area contributed by atoms with E-state index in [1.165, 1.54) is 12.1 Å². The molecule has 0 bridgehead atoms. The molecule has 0 radical (unpaired) electrons. The second-order valence-corrected chi connectivity index (χ2v) is 7.62. The maximum absolute atomic E-state index is 12.7. The van der Waals surface area contributed by atoms with Gasteiger partial charge in [0.2, 0.25) is 0 Å². The standard InChI is InChI=1S/C21H21BrO5/c1-4-6-12-11-15(24)26-20-16(12)19-13(8-9-21(2,3)27-19)18(25)17(20)14(23)7-5-10-22/h5,7-9,11,25H,4,6,10H2,1-3H3. The molecular formula is C21H21BrO5. The number of hydrogen-bond donors (Lipinski definition) is 1. The predicted octanol–water partition coefficient (Wildman–Crippen LogP) is 4.77. The predicted molar refractivity (Wildman–Crippen MR) is 109 cm³/mol. The molecule has 0 fully saturated rings. The fourth-order valence-corrected chi connectivity index (χ4v) is 3.41. The van der Waals surface area contributed by atoms with Crippen LogP contribution in [0.5, 0.6) is 11.5 Å². The lowest BCUT2D eigenvalue weighted by atomic mass is 9.92. The van der Waals surface area contributed by atoms with Gasteiger partial charge in [-0.25, -0.2) is 4.79 Å². The Morgan fingerprint density at radius 1 is 1.37 bits per heavy atom. The van der Waals surface area contributed by atoms with Crippen molar-refractivity contribution in [1.29, 1.82) is 0 Å². The number of phenolic OH excluding ortho intramolecular Hbond substituents is 1. The number of allylic oxidation sites excluding steroid dienone is 2. The van der Waals surface area contributed by atoms with Crippen molar-refractivity contribution in [3.8, 4) is 11.5 Å². The molecule has 1 aromatic carbocycles. The van der Waals surface area contributed by atoms with Crippen LogP contribution in [0.25, 0.3) is 17.0 Å². The highest BCUT2D eigenvalue weighted by atomic mass is 79.9. The molecule has 0 aliphatic carbocycles. The third-order valence-electron chi connectivity index (χ3n) is 4.37. The Morgan fingerprint density at radius 2 is 2.11 bits per heavy atom. The van der Waals surface area contributed by atoms with E-state index < -0.39 is 17.0 Å². The summed E-state index contributed by atoms with van der Waals surface area (Å²) in [5.41, 5.74) is 0.0528. The van der Waals surface area contributed by atoms with Crippen LogP contribution >= 0.6 is 15.9 Å². The molecule has 6 heteroatoms. The maximum atomic E-state index is 12.7. The van der Waals surface area contributed by atoms with Crippen LogP contribution in [0.2, 0.25) is 0 Å². The van der Waals surface area contributed by atoms with Crippen molar-refractivity contribution in [3.05, 3.63) is 51.4 Å². The van der Waals surface area contributed by atoms with Gasteiger partial charge in [0.15, 0.2) is 11.4 Å². The van der Waals surface area contributed by atoms with Crippen LogP contribution in [0, 0.1) is 0 Å². The topological polar surface area (TPSA) is 76.7 Å². The fraction of sp³-hybridized carbons (Fsp3) is 0.333. The average molecular weight is 433 g/mol. The summed E-state index contributed by atoms with van der Waals surface area (Å²) in [6.07, 6.45) is 7.97. The number of carbonyl (C=O) groups excluding carboxylic acids is 1. The van der Waals surface area contributed by atoms with Crippen molar-refractivity contribution in [1.82, 2.24) is 0 Å². The van der Waals surface area contributed by atoms with E-state index >= 15 is 0 Å². The molecule has 0 saturated carbocycles. The summed E-state index contributed by atoms with van der Waals surface area (Å²) in [7, 11) is 0. The number of halogens is 1.